The molecule has 0 spiro atoms. The van der Waals surface area contributed by atoms with Gasteiger partial charge in [-0.15, -0.1) is 0 Å². The van der Waals surface area contributed by atoms with Crippen LogP contribution in [0.1, 0.15) is 25.7 Å². The van der Waals surface area contributed by atoms with Crippen LogP contribution in [0.15, 0.2) is 16.6 Å². The molecule has 1 aliphatic carbocycles. The Labute approximate surface area is 131 Å². The molecule has 0 unspecified atom stereocenters. The maximum absolute atomic E-state index is 12.4. The van der Waals surface area contributed by atoms with Crippen molar-refractivity contribution in [2.45, 2.75) is 25.7 Å². The van der Waals surface area contributed by atoms with Gasteiger partial charge in [-0.3, -0.25) is 4.79 Å². The van der Waals surface area contributed by atoms with Crippen molar-refractivity contribution in [3.05, 3.63) is 26.7 Å². The van der Waals surface area contributed by atoms with Gasteiger partial charge in [0.15, 0.2) is 0 Å². The van der Waals surface area contributed by atoms with Gasteiger partial charge in [-0.25, -0.2) is 0 Å². The van der Waals surface area contributed by atoms with Crippen molar-refractivity contribution in [2.75, 3.05) is 11.9 Å². The maximum Gasteiger partial charge on any atom is 0.231 e. The van der Waals surface area contributed by atoms with E-state index in [1.165, 1.54) is 0 Å². The Morgan fingerprint density at radius 3 is 2.32 bits per heavy atom. The number of hydrogen-bond acceptors (Lipinski definition) is 2. The molecule has 0 radical (unpaired) electrons. The zero-order chi connectivity index (χ0) is 14.0. The first kappa shape index (κ1) is 15.1. The fourth-order valence-corrected chi connectivity index (χ4v) is 3.79. The molecule has 19 heavy (non-hydrogen) atoms. The zero-order valence-electron chi connectivity index (χ0n) is 10.3. The number of anilines is 1. The van der Waals surface area contributed by atoms with Crippen molar-refractivity contribution in [3.63, 3.8) is 0 Å². The Balaban J connectivity index is 2.24. The predicted molar refractivity (Wildman–Crippen MR) is 82.7 cm³/mol. The number of carbonyl (C=O) groups is 1. The zero-order valence-corrected chi connectivity index (χ0v) is 13.4. The van der Waals surface area contributed by atoms with Crippen LogP contribution >= 0.6 is 39.1 Å². The van der Waals surface area contributed by atoms with Crippen LogP contribution in [-0.4, -0.2) is 12.5 Å². The highest BCUT2D eigenvalue weighted by molar-refractivity contribution is 9.10. The average Bonchev–Trinajstić information content (AvgIpc) is 2.83. The Hall–Kier alpha value is -0.290. The lowest BCUT2D eigenvalue weighted by Gasteiger charge is -2.26. The third-order valence-corrected chi connectivity index (χ3v) is 4.73. The van der Waals surface area contributed by atoms with Gasteiger partial charge in [0.1, 0.15) is 0 Å². The van der Waals surface area contributed by atoms with E-state index >= 15 is 0 Å². The molecule has 2 rings (SSSR count). The number of nitrogens with one attached hydrogen (secondary N) is 1. The Morgan fingerprint density at radius 1 is 1.32 bits per heavy atom. The molecular formula is C13H15BrCl2N2O. The summed E-state index contributed by atoms with van der Waals surface area (Å²) in [6, 6.07) is 3.40. The van der Waals surface area contributed by atoms with Gasteiger partial charge in [-0.05, 0) is 25.0 Å². The Bertz CT molecular complexity index is 478. The average molecular weight is 366 g/mol. The van der Waals surface area contributed by atoms with Crippen molar-refractivity contribution < 1.29 is 4.79 Å². The predicted octanol–water partition coefficient (Wildman–Crippen LogP) is 4.21. The quantitative estimate of drug-likeness (QED) is 0.842. The minimum Gasteiger partial charge on any atom is -0.329 e. The van der Waals surface area contributed by atoms with Gasteiger partial charge >= 0.3 is 0 Å². The molecule has 0 bridgehead atoms. The summed E-state index contributed by atoms with van der Waals surface area (Å²) in [6.07, 6.45) is 3.71. The molecule has 3 nitrogen and oxygen atoms in total. The van der Waals surface area contributed by atoms with Crippen LogP contribution in [0.25, 0.3) is 0 Å². The van der Waals surface area contributed by atoms with E-state index in [0.29, 0.717) is 22.3 Å². The minimum atomic E-state index is -0.472. The standard InChI is InChI=1S/C13H15BrCl2N2O/c14-8-5-9(15)11(10(16)6-8)18-12(19)13(7-17)3-1-2-4-13/h5-6H,1-4,7,17H2,(H,18,19). The summed E-state index contributed by atoms with van der Waals surface area (Å²) >= 11 is 15.5. The van der Waals surface area contributed by atoms with Gasteiger partial charge < -0.3 is 11.1 Å². The van der Waals surface area contributed by atoms with Crippen LogP contribution in [0.3, 0.4) is 0 Å². The molecule has 0 heterocycles. The molecule has 0 aromatic heterocycles. The topological polar surface area (TPSA) is 55.1 Å². The molecule has 104 valence electrons. The lowest BCUT2D eigenvalue weighted by atomic mass is 9.85. The first-order valence-corrected chi connectivity index (χ1v) is 7.69. The number of rotatable bonds is 3. The summed E-state index contributed by atoms with van der Waals surface area (Å²) in [5, 5.41) is 3.67. The number of amides is 1. The van der Waals surface area contributed by atoms with Crippen LogP contribution in [0, 0.1) is 5.41 Å². The molecule has 0 aliphatic heterocycles. The largest absolute Gasteiger partial charge is 0.329 e. The van der Waals surface area contributed by atoms with Gasteiger partial charge in [0, 0.05) is 11.0 Å². The second-order valence-corrected chi connectivity index (χ2v) is 6.62. The summed E-state index contributed by atoms with van der Waals surface area (Å²) < 4.78 is 0.773. The van der Waals surface area contributed by atoms with Gasteiger partial charge in [0.2, 0.25) is 5.91 Å². The third-order valence-electron chi connectivity index (χ3n) is 3.68. The fraction of sp³-hybridized carbons (Fsp3) is 0.462. The maximum atomic E-state index is 12.4. The normalized spacial score (nSPS) is 17.5. The highest BCUT2D eigenvalue weighted by Crippen LogP contribution is 2.40. The number of carbonyl (C=O) groups excluding carboxylic acids is 1. The molecule has 1 fully saturated rings. The number of hydrogen-bond donors (Lipinski definition) is 2. The van der Waals surface area contributed by atoms with Crippen molar-refractivity contribution in [1.82, 2.24) is 0 Å². The lowest BCUT2D eigenvalue weighted by Crippen LogP contribution is -2.40. The fourth-order valence-electron chi connectivity index (χ4n) is 2.48. The molecular weight excluding hydrogens is 351 g/mol. The third kappa shape index (κ3) is 3.07. The van der Waals surface area contributed by atoms with E-state index in [1.807, 2.05) is 0 Å². The van der Waals surface area contributed by atoms with Crippen molar-refractivity contribution in [3.8, 4) is 0 Å². The molecule has 0 atom stereocenters. The van der Waals surface area contributed by atoms with Crippen LogP contribution in [-0.2, 0) is 4.79 Å². The van der Waals surface area contributed by atoms with Gasteiger partial charge in [0.05, 0.1) is 21.1 Å². The highest BCUT2D eigenvalue weighted by Gasteiger charge is 2.40. The first-order chi connectivity index (χ1) is 8.98. The molecule has 1 amide bonds. The first-order valence-electron chi connectivity index (χ1n) is 6.14. The number of benzene rings is 1. The van der Waals surface area contributed by atoms with Crippen LogP contribution in [0.2, 0.25) is 10.0 Å². The lowest BCUT2D eigenvalue weighted by molar-refractivity contribution is -0.124. The molecule has 1 aromatic rings. The summed E-state index contributed by atoms with van der Waals surface area (Å²) in [6.45, 7) is 0.352. The number of nitrogens with two attached hydrogens (primary N) is 1. The SMILES string of the molecule is NCC1(C(=O)Nc2c(Cl)cc(Br)cc2Cl)CCCC1. The van der Waals surface area contributed by atoms with Crippen molar-refractivity contribution in [2.24, 2.45) is 11.1 Å². The monoisotopic (exact) mass is 364 g/mol. The van der Waals surface area contributed by atoms with E-state index in [1.54, 1.807) is 12.1 Å². The summed E-state index contributed by atoms with van der Waals surface area (Å²) in [5.74, 6) is -0.0846. The molecule has 1 saturated carbocycles. The van der Waals surface area contributed by atoms with Crippen LogP contribution < -0.4 is 11.1 Å². The van der Waals surface area contributed by atoms with Crippen LogP contribution in [0.5, 0.6) is 0 Å². The Morgan fingerprint density at radius 2 is 1.84 bits per heavy atom. The molecule has 0 saturated heterocycles. The summed E-state index contributed by atoms with van der Waals surface area (Å²) in [5.41, 5.74) is 5.77. The second kappa shape index (κ2) is 6.00. The summed E-state index contributed by atoms with van der Waals surface area (Å²) in [7, 11) is 0. The van der Waals surface area contributed by atoms with E-state index < -0.39 is 5.41 Å². The van der Waals surface area contributed by atoms with Gasteiger partial charge in [-0.2, -0.15) is 0 Å². The van der Waals surface area contributed by atoms with Gasteiger partial charge in [-0.1, -0.05) is 52.0 Å². The van der Waals surface area contributed by atoms with Crippen molar-refractivity contribution >= 4 is 50.7 Å². The molecule has 3 N–H and O–H groups in total. The Kier molecular flexibility index (Phi) is 4.77. The van der Waals surface area contributed by atoms with E-state index in [9.17, 15) is 4.79 Å². The minimum absolute atomic E-state index is 0.0846. The highest BCUT2D eigenvalue weighted by atomic mass is 79.9. The molecule has 1 aliphatic rings. The van der Waals surface area contributed by atoms with Crippen molar-refractivity contribution in [1.29, 1.82) is 0 Å². The molecule has 1 aromatic carbocycles. The van der Waals surface area contributed by atoms with E-state index in [2.05, 4.69) is 21.2 Å². The second-order valence-electron chi connectivity index (χ2n) is 4.89. The smallest absolute Gasteiger partial charge is 0.231 e. The number of halogens is 3. The van der Waals surface area contributed by atoms with E-state index in [4.69, 9.17) is 28.9 Å². The molecule has 6 heteroatoms. The van der Waals surface area contributed by atoms with E-state index in [-0.39, 0.29) is 5.91 Å². The van der Waals surface area contributed by atoms with E-state index in [0.717, 1.165) is 30.2 Å². The van der Waals surface area contributed by atoms with Gasteiger partial charge in [0.25, 0.3) is 0 Å². The summed E-state index contributed by atoms with van der Waals surface area (Å²) in [4.78, 5) is 12.4. The van der Waals surface area contributed by atoms with Crippen LogP contribution in [0.4, 0.5) is 5.69 Å².